The molecule has 0 aliphatic carbocycles. The highest BCUT2D eigenvalue weighted by molar-refractivity contribution is 7.18. The van der Waals surface area contributed by atoms with Crippen molar-refractivity contribution in [2.24, 2.45) is 5.41 Å². The fourth-order valence-electron chi connectivity index (χ4n) is 2.91. The van der Waals surface area contributed by atoms with Crippen LogP contribution >= 0.6 is 22.9 Å². The Hall–Kier alpha value is -2.39. The number of hydrogen-bond donors (Lipinski definition) is 1. The van der Waals surface area contributed by atoms with E-state index in [0.717, 1.165) is 12.0 Å². The Bertz CT molecular complexity index is 918. The first kappa shape index (κ1) is 22.3. The van der Waals surface area contributed by atoms with E-state index in [4.69, 9.17) is 21.1 Å². The van der Waals surface area contributed by atoms with Gasteiger partial charge in [0.2, 0.25) is 23.7 Å². The minimum absolute atomic E-state index is 0.0480. The van der Waals surface area contributed by atoms with E-state index in [1.54, 1.807) is 4.90 Å². The van der Waals surface area contributed by atoms with Gasteiger partial charge in [-0.15, -0.1) is 21.8 Å². The lowest BCUT2D eigenvalue weighted by Gasteiger charge is -2.30. The highest BCUT2D eigenvalue weighted by Gasteiger charge is 2.31. The topological polar surface area (TPSA) is 93.7 Å². The van der Waals surface area contributed by atoms with E-state index in [1.807, 2.05) is 39.0 Å². The summed E-state index contributed by atoms with van der Waals surface area (Å²) in [5.41, 5.74) is 0.173. The Morgan fingerprint density at radius 1 is 1.23 bits per heavy atom. The number of hydrogen-bond acceptors (Lipinski definition) is 7. The van der Waals surface area contributed by atoms with Crippen LogP contribution < -0.4 is 14.8 Å². The van der Waals surface area contributed by atoms with Gasteiger partial charge in [-0.05, 0) is 38.5 Å². The number of benzene rings is 1. The van der Waals surface area contributed by atoms with Gasteiger partial charge >= 0.3 is 0 Å². The summed E-state index contributed by atoms with van der Waals surface area (Å²) in [6, 6.07) is 5.52. The third-order valence-corrected chi connectivity index (χ3v) is 6.15. The van der Waals surface area contributed by atoms with E-state index < -0.39 is 5.41 Å². The van der Waals surface area contributed by atoms with Crippen molar-refractivity contribution in [2.75, 3.05) is 31.1 Å². The molecule has 3 rings (SSSR count). The second-order valence-electron chi connectivity index (χ2n) is 7.59. The molecule has 0 bridgehead atoms. The Morgan fingerprint density at radius 3 is 2.73 bits per heavy atom. The molecule has 0 fully saturated rings. The molecule has 10 heteroatoms. The number of carbonyl (C=O) groups excluding carboxylic acids is 2. The third-order valence-electron chi connectivity index (χ3n) is 4.59. The minimum atomic E-state index is -0.661. The minimum Gasteiger partial charge on any atom is -0.454 e. The van der Waals surface area contributed by atoms with Crippen molar-refractivity contribution >= 4 is 39.9 Å². The maximum atomic E-state index is 12.7. The number of amides is 2. The Labute approximate surface area is 184 Å². The van der Waals surface area contributed by atoms with Crippen LogP contribution in [0, 0.1) is 5.41 Å². The molecule has 8 nitrogen and oxygen atoms in total. The number of carbonyl (C=O) groups is 2. The third kappa shape index (κ3) is 5.20. The molecule has 30 heavy (non-hydrogen) atoms. The molecule has 0 saturated heterocycles. The summed E-state index contributed by atoms with van der Waals surface area (Å²) in [5, 5.41) is 12.0. The fourth-order valence-corrected chi connectivity index (χ4v) is 3.78. The summed E-state index contributed by atoms with van der Waals surface area (Å²) in [7, 11) is 0. The SMILES string of the molecule is CCCN(CCC(=O)Nc1nnc(-c2ccc3c(c2)OCO3)s1)C(=O)C(C)(C)CCl. The Balaban J connectivity index is 1.58. The average molecular weight is 453 g/mol. The zero-order chi connectivity index (χ0) is 21.7. The predicted octanol–water partition coefficient (Wildman–Crippen LogP) is 3.77. The molecule has 1 N–H and O–H groups in total. The number of fused-ring (bicyclic) bond motifs is 1. The number of nitrogens with one attached hydrogen (secondary N) is 1. The van der Waals surface area contributed by atoms with Crippen LogP contribution in [0.5, 0.6) is 11.5 Å². The summed E-state index contributed by atoms with van der Waals surface area (Å²) in [6.45, 7) is 6.73. The first-order chi connectivity index (χ1) is 14.3. The summed E-state index contributed by atoms with van der Waals surface area (Å²) in [4.78, 5) is 26.8. The standard InChI is InChI=1S/C20H25ClN4O4S/c1-4-8-25(18(27)20(2,3)11-21)9-7-16(26)22-19-24-23-17(30-19)13-5-6-14-15(10-13)29-12-28-14/h5-6,10H,4,7-9,11-12H2,1-3H3,(H,22,24,26). The number of rotatable bonds is 9. The maximum Gasteiger partial charge on any atom is 0.231 e. The number of ether oxygens (including phenoxy) is 2. The van der Waals surface area contributed by atoms with E-state index in [1.165, 1.54) is 11.3 Å². The lowest BCUT2D eigenvalue weighted by molar-refractivity contribution is -0.139. The molecule has 0 radical (unpaired) electrons. The van der Waals surface area contributed by atoms with Crippen LogP contribution in [0.25, 0.3) is 10.6 Å². The summed E-state index contributed by atoms with van der Waals surface area (Å²) < 4.78 is 10.7. The lowest BCUT2D eigenvalue weighted by atomic mass is 9.94. The molecular weight excluding hydrogens is 428 g/mol. The summed E-state index contributed by atoms with van der Waals surface area (Å²) >= 11 is 7.20. The Kier molecular flexibility index (Phi) is 7.14. The molecule has 2 aromatic rings. The molecule has 1 aromatic heterocycles. The van der Waals surface area contributed by atoms with Gasteiger partial charge in [0, 0.05) is 31.0 Å². The van der Waals surface area contributed by atoms with Crippen molar-refractivity contribution in [1.82, 2.24) is 15.1 Å². The van der Waals surface area contributed by atoms with E-state index in [-0.39, 0.29) is 30.9 Å². The average Bonchev–Trinajstić information content (AvgIpc) is 3.39. The van der Waals surface area contributed by atoms with Crippen LogP contribution in [0.2, 0.25) is 0 Å². The van der Waals surface area contributed by atoms with Gasteiger partial charge in [-0.25, -0.2) is 0 Å². The predicted molar refractivity (Wildman–Crippen MR) is 116 cm³/mol. The van der Waals surface area contributed by atoms with Crippen molar-refractivity contribution in [3.63, 3.8) is 0 Å². The summed E-state index contributed by atoms with van der Waals surface area (Å²) in [6.07, 6.45) is 0.976. The van der Waals surface area contributed by atoms with Crippen molar-refractivity contribution in [1.29, 1.82) is 0 Å². The smallest absolute Gasteiger partial charge is 0.231 e. The van der Waals surface area contributed by atoms with E-state index >= 15 is 0 Å². The largest absolute Gasteiger partial charge is 0.454 e. The molecule has 162 valence electrons. The molecule has 0 saturated carbocycles. The highest BCUT2D eigenvalue weighted by atomic mass is 35.5. The van der Waals surface area contributed by atoms with Crippen LogP contribution in [0.4, 0.5) is 5.13 Å². The monoisotopic (exact) mass is 452 g/mol. The number of anilines is 1. The number of nitrogens with zero attached hydrogens (tertiary/aromatic N) is 3. The van der Waals surface area contributed by atoms with Crippen molar-refractivity contribution in [3.05, 3.63) is 18.2 Å². The van der Waals surface area contributed by atoms with E-state index in [2.05, 4.69) is 15.5 Å². The number of alkyl halides is 1. The van der Waals surface area contributed by atoms with E-state index in [9.17, 15) is 9.59 Å². The molecular formula is C20H25ClN4O4S. The van der Waals surface area contributed by atoms with E-state index in [0.29, 0.717) is 34.7 Å². The first-order valence-electron chi connectivity index (χ1n) is 9.72. The second kappa shape index (κ2) is 9.61. The van der Waals surface area contributed by atoms with Gasteiger partial charge in [-0.1, -0.05) is 18.3 Å². The number of aromatic nitrogens is 2. The van der Waals surface area contributed by atoms with Crippen molar-refractivity contribution in [2.45, 2.75) is 33.6 Å². The fraction of sp³-hybridized carbons (Fsp3) is 0.500. The first-order valence-corrected chi connectivity index (χ1v) is 11.1. The van der Waals surface area contributed by atoms with Gasteiger partial charge in [0.1, 0.15) is 5.01 Å². The van der Waals surface area contributed by atoms with Crippen molar-refractivity contribution < 1.29 is 19.1 Å². The normalized spacial score (nSPS) is 12.7. The van der Waals surface area contributed by atoms with Crippen LogP contribution in [-0.4, -0.2) is 52.7 Å². The van der Waals surface area contributed by atoms with Gasteiger partial charge in [0.25, 0.3) is 0 Å². The van der Waals surface area contributed by atoms with Crippen LogP contribution in [0.1, 0.15) is 33.6 Å². The number of halogens is 1. The molecule has 2 heterocycles. The second-order valence-corrected chi connectivity index (χ2v) is 8.83. The molecule has 1 aromatic carbocycles. The molecule has 1 aliphatic rings. The maximum absolute atomic E-state index is 12.7. The molecule has 1 aliphatic heterocycles. The molecule has 2 amide bonds. The zero-order valence-electron chi connectivity index (χ0n) is 17.2. The molecule has 0 unspecified atom stereocenters. The lowest BCUT2D eigenvalue weighted by Crippen LogP contribution is -2.43. The quantitative estimate of drug-likeness (QED) is 0.582. The molecule has 0 atom stereocenters. The van der Waals surface area contributed by atoms with Crippen LogP contribution in [0.15, 0.2) is 18.2 Å². The van der Waals surface area contributed by atoms with Gasteiger partial charge in [-0.3, -0.25) is 9.59 Å². The van der Waals surface area contributed by atoms with Gasteiger partial charge in [0.05, 0.1) is 5.41 Å². The van der Waals surface area contributed by atoms with Crippen LogP contribution in [0.3, 0.4) is 0 Å². The Morgan fingerprint density at radius 2 is 2.00 bits per heavy atom. The van der Waals surface area contributed by atoms with Crippen LogP contribution in [-0.2, 0) is 9.59 Å². The van der Waals surface area contributed by atoms with Gasteiger partial charge < -0.3 is 19.7 Å². The molecule has 0 spiro atoms. The van der Waals surface area contributed by atoms with Crippen molar-refractivity contribution in [3.8, 4) is 22.1 Å². The highest BCUT2D eigenvalue weighted by Crippen LogP contribution is 2.37. The van der Waals surface area contributed by atoms with Gasteiger partial charge in [0.15, 0.2) is 11.5 Å². The van der Waals surface area contributed by atoms with Gasteiger partial charge in [-0.2, -0.15) is 0 Å². The zero-order valence-corrected chi connectivity index (χ0v) is 18.8. The summed E-state index contributed by atoms with van der Waals surface area (Å²) in [5.74, 6) is 1.31.